The quantitative estimate of drug-likeness (QED) is 0.174. The molecule has 9 aromatic carbocycles. The summed E-state index contributed by atoms with van der Waals surface area (Å²) in [4.78, 5) is 0. The van der Waals surface area contributed by atoms with Crippen LogP contribution in [0.1, 0.15) is 49.9 Å². The number of para-hydroxylation sites is 2. The van der Waals surface area contributed by atoms with Crippen molar-refractivity contribution >= 4 is 65.6 Å². The first-order chi connectivity index (χ1) is 30.8. The summed E-state index contributed by atoms with van der Waals surface area (Å²) in [5.41, 5.74) is 21.9. The minimum atomic E-state index is -0.0908. The van der Waals surface area contributed by atoms with E-state index in [0.717, 1.165) is 33.2 Å². The van der Waals surface area contributed by atoms with Gasteiger partial charge in [-0.3, -0.25) is 0 Å². The van der Waals surface area contributed by atoms with E-state index in [0.29, 0.717) is 0 Å². The molecule has 0 amide bonds. The van der Waals surface area contributed by atoms with Crippen LogP contribution in [0.15, 0.2) is 186 Å². The summed E-state index contributed by atoms with van der Waals surface area (Å²) in [6.07, 6.45) is 0. The fourth-order valence-corrected chi connectivity index (χ4v) is 11.8. The molecule has 0 unspecified atom stereocenters. The highest BCUT2D eigenvalue weighted by atomic mass is 16.3. The minimum Gasteiger partial charge on any atom is -0.456 e. The van der Waals surface area contributed by atoms with Crippen LogP contribution >= 0.6 is 0 Å². The summed E-state index contributed by atoms with van der Waals surface area (Å²) in [5, 5.41) is 7.28. The lowest BCUT2D eigenvalue weighted by molar-refractivity contribution is 0.661. The zero-order chi connectivity index (χ0) is 41.9. The van der Waals surface area contributed by atoms with Crippen LogP contribution in [0.25, 0.3) is 110 Å². The van der Waals surface area contributed by atoms with Gasteiger partial charge in [-0.1, -0.05) is 131 Å². The minimum absolute atomic E-state index is 0.0810. The van der Waals surface area contributed by atoms with E-state index in [9.17, 15) is 0 Å². The fraction of sp³-hybridized carbons (Fsp3) is 0.100. The molecule has 3 nitrogen and oxygen atoms in total. The zero-order valence-corrected chi connectivity index (χ0v) is 35.6. The van der Waals surface area contributed by atoms with Gasteiger partial charge in [-0.2, -0.15) is 0 Å². The van der Waals surface area contributed by atoms with Gasteiger partial charge in [-0.25, -0.2) is 0 Å². The highest BCUT2D eigenvalue weighted by molar-refractivity contribution is 6.17. The number of fused-ring (bicyclic) bond motifs is 15. The number of benzene rings is 9. The first-order valence-corrected chi connectivity index (χ1v) is 22.2. The molecule has 0 radical (unpaired) electrons. The Hall–Kier alpha value is -7.62. The predicted molar refractivity (Wildman–Crippen MR) is 263 cm³/mol. The van der Waals surface area contributed by atoms with Crippen molar-refractivity contribution in [1.82, 2.24) is 9.13 Å². The smallest absolute Gasteiger partial charge is 0.137 e. The van der Waals surface area contributed by atoms with Gasteiger partial charge in [-0.05, 0) is 134 Å². The van der Waals surface area contributed by atoms with Gasteiger partial charge in [0.15, 0.2) is 0 Å². The van der Waals surface area contributed by atoms with E-state index in [4.69, 9.17) is 4.42 Å². The predicted octanol–water partition coefficient (Wildman–Crippen LogP) is 16.1. The summed E-state index contributed by atoms with van der Waals surface area (Å²) in [6.45, 7) is 9.46. The molecule has 0 atom stereocenters. The Balaban J connectivity index is 0.995. The molecule has 0 saturated carbocycles. The number of furan rings is 1. The second kappa shape index (κ2) is 12.1. The Labute approximate surface area is 365 Å². The molecule has 3 aromatic heterocycles. The van der Waals surface area contributed by atoms with Crippen molar-refractivity contribution in [2.24, 2.45) is 0 Å². The van der Waals surface area contributed by atoms with E-state index in [1.165, 1.54) is 99.4 Å². The zero-order valence-electron chi connectivity index (χ0n) is 35.6. The number of rotatable bonds is 3. The van der Waals surface area contributed by atoms with Crippen molar-refractivity contribution in [2.45, 2.75) is 38.5 Å². The SMILES string of the molecule is CC1(C)c2ccccc2-c2cc3c(cc21)c1ccccc1n3-c1cccc2oc3ccc(-c4ccc5c(c4)c4cc6c(cc4n5-c4ccccc4)C(C)(C)c4ccccc4-6)cc3c12. The maximum absolute atomic E-state index is 6.71. The number of nitrogens with zero attached hydrogens (tertiary/aromatic N) is 2. The normalized spacial score (nSPS) is 14.6. The van der Waals surface area contributed by atoms with Crippen molar-refractivity contribution in [3.8, 4) is 44.8 Å². The van der Waals surface area contributed by atoms with Crippen LogP contribution in [0.3, 0.4) is 0 Å². The van der Waals surface area contributed by atoms with Gasteiger partial charge >= 0.3 is 0 Å². The molecule has 2 aliphatic rings. The van der Waals surface area contributed by atoms with Crippen LogP contribution < -0.4 is 0 Å². The lowest BCUT2D eigenvalue weighted by atomic mass is 9.82. The average Bonchev–Trinajstić information content (AvgIpc) is 4.06. The fourth-order valence-electron chi connectivity index (χ4n) is 11.8. The van der Waals surface area contributed by atoms with Gasteiger partial charge < -0.3 is 13.6 Å². The molecular weight excluding hydrogens is 765 g/mol. The first kappa shape index (κ1) is 35.0. The van der Waals surface area contributed by atoms with E-state index >= 15 is 0 Å². The Bertz CT molecular complexity index is 3960. The van der Waals surface area contributed by atoms with Crippen molar-refractivity contribution in [3.63, 3.8) is 0 Å². The third kappa shape index (κ3) is 4.54. The topological polar surface area (TPSA) is 23.0 Å². The summed E-state index contributed by atoms with van der Waals surface area (Å²) in [6, 6.07) is 67.7. The molecule has 0 saturated heterocycles. The molecule has 63 heavy (non-hydrogen) atoms. The Morgan fingerprint density at radius 1 is 0.349 bits per heavy atom. The first-order valence-electron chi connectivity index (χ1n) is 22.2. The number of hydrogen-bond donors (Lipinski definition) is 0. The summed E-state index contributed by atoms with van der Waals surface area (Å²) >= 11 is 0. The van der Waals surface area contributed by atoms with Gasteiger partial charge in [0.25, 0.3) is 0 Å². The molecule has 298 valence electrons. The maximum Gasteiger partial charge on any atom is 0.137 e. The standard InChI is InChI=1S/C60H42N2O/c1-59(2)48-21-12-9-18-39(48)42-33-54-45(32-49(42)59)40-19-10-13-22-51(40)62(54)53-23-14-24-57-58(53)46-30-36(26-28-56(46)63-57)35-25-27-52-43(29-35)44-31-41-38-17-8-11-20-47(38)60(3,4)50(41)34-55(44)61(52)37-15-6-5-7-16-37/h5-34H,1-4H3. The molecular formula is C60H42N2O. The molecule has 3 heteroatoms. The van der Waals surface area contributed by atoms with Crippen LogP contribution in [-0.4, -0.2) is 9.13 Å². The number of aromatic nitrogens is 2. The van der Waals surface area contributed by atoms with Gasteiger partial charge in [0.05, 0.1) is 33.1 Å². The van der Waals surface area contributed by atoms with E-state index in [1.54, 1.807) is 0 Å². The highest BCUT2D eigenvalue weighted by Crippen LogP contribution is 2.53. The third-order valence-corrected chi connectivity index (χ3v) is 14.9. The van der Waals surface area contributed by atoms with Crippen LogP contribution in [-0.2, 0) is 10.8 Å². The lowest BCUT2D eigenvalue weighted by Crippen LogP contribution is -2.14. The number of hydrogen-bond acceptors (Lipinski definition) is 1. The Morgan fingerprint density at radius 3 is 1.71 bits per heavy atom. The summed E-state index contributed by atoms with van der Waals surface area (Å²) in [5.74, 6) is 0. The molecule has 0 aliphatic heterocycles. The molecule has 2 aliphatic carbocycles. The maximum atomic E-state index is 6.71. The van der Waals surface area contributed by atoms with Crippen LogP contribution in [0.5, 0.6) is 0 Å². The highest BCUT2D eigenvalue weighted by Gasteiger charge is 2.37. The van der Waals surface area contributed by atoms with Gasteiger partial charge in [0.1, 0.15) is 11.2 Å². The second-order valence-electron chi connectivity index (χ2n) is 18.9. The van der Waals surface area contributed by atoms with Crippen molar-refractivity contribution in [3.05, 3.63) is 204 Å². The van der Waals surface area contributed by atoms with Crippen LogP contribution in [0, 0.1) is 0 Å². The molecule has 0 bridgehead atoms. The molecule has 0 N–H and O–H groups in total. The molecule has 12 aromatic rings. The molecule has 0 spiro atoms. The van der Waals surface area contributed by atoms with Gasteiger partial charge in [-0.15, -0.1) is 0 Å². The Morgan fingerprint density at radius 2 is 0.937 bits per heavy atom. The van der Waals surface area contributed by atoms with Crippen molar-refractivity contribution in [1.29, 1.82) is 0 Å². The van der Waals surface area contributed by atoms with E-state index in [1.807, 2.05) is 0 Å². The van der Waals surface area contributed by atoms with Gasteiger partial charge in [0, 0.05) is 43.4 Å². The van der Waals surface area contributed by atoms with E-state index in [-0.39, 0.29) is 10.8 Å². The molecule has 14 rings (SSSR count). The molecule has 3 heterocycles. The van der Waals surface area contributed by atoms with Crippen molar-refractivity contribution in [2.75, 3.05) is 0 Å². The van der Waals surface area contributed by atoms with E-state index in [2.05, 4.69) is 219 Å². The third-order valence-electron chi connectivity index (χ3n) is 14.9. The van der Waals surface area contributed by atoms with Crippen LogP contribution in [0.2, 0.25) is 0 Å². The molecule has 0 fully saturated rings. The van der Waals surface area contributed by atoms with Gasteiger partial charge in [0.2, 0.25) is 0 Å². The summed E-state index contributed by atoms with van der Waals surface area (Å²) < 4.78 is 11.6. The van der Waals surface area contributed by atoms with Crippen LogP contribution in [0.4, 0.5) is 0 Å². The Kier molecular flexibility index (Phi) is 6.70. The average molecular weight is 807 g/mol. The lowest BCUT2D eigenvalue weighted by Gasteiger charge is -2.21. The summed E-state index contributed by atoms with van der Waals surface area (Å²) in [7, 11) is 0. The second-order valence-corrected chi connectivity index (χ2v) is 18.9. The van der Waals surface area contributed by atoms with Crippen molar-refractivity contribution < 1.29 is 4.42 Å². The largest absolute Gasteiger partial charge is 0.456 e. The monoisotopic (exact) mass is 806 g/mol. The van der Waals surface area contributed by atoms with E-state index < -0.39 is 0 Å².